The maximum atomic E-state index is 3.84. The van der Waals surface area contributed by atoms with Gasteiger partial charge in [0.1, 0.15) is 0 Å². The summed E-state index contributed by atoms with van der Waals surface area (Å²) in [6.45, 7) is 7.33. The average Bonchev–Trinajstić information content (AvgIpc) is 3.21. The van der Waals surface area contributed by atoms with Crippen molar-refractivity contribution in [2.45, 2.75) is 70.5 Å². The molecule has 2 nitrogen and oxygen atoms in total. The molecule has 0 aromatic heterocycles. The van der Waals surface area contributed by atoms with Crippen LogP contribution in [0.4, 0.5) is 0 Å². The molecule has 1 saturated heterocycles. The van der Waals surface area contributed by atoms with E-state index in [1.807, 2.05) is 0 Å². The molecule has 1 heterocycles. The summed E-state index contributed by atoms with van der Waals surface area (Å²) in [6, 6.07) is 2.50. The Kier molecular flexibility index (Phi) is 3.45. The average molecular weight is 236 g/mol. The fourth-order valence-electron chi connectivity index (χ4n) is 3.73. The predicted molar refractivity (Wildman–Crippen MR) is 72.1 cm³/mol. The molecule has 3 rings (SSSR count). The molecule has 3 fully saturated rings. The third kappa shape index (κ3) is 2.53. The van der Waals surface area contributed by atoms with Crippen molar-refractivity contribution in [2.24, 2.45) is 11.8 Å². The summed E-state index contributed by atoms with van der Waals surface area (Å²) >= 11 is 0. The van der Waals surface area contributed by atoms with Gasteiger partial charge in [0, 0.05) is 31.2 Å². The lowest BCUT2D eigenvalue weighted by Crippen LogP contribution is -2.60. The number of nitrogens with zero attached hydrogens (tertiary/aromatic N) is 1. The molecule has 1 aliphatic heterocycles. The number of piperazine rings is 1. The van der Waals surface area contributed by atoms with Crippen molar-refractivity contribution in [3.05, 3.63) is 0 Å². The Labute approximate surface area is 106 Å². The molecule has 0 radical (unpaired) electrons. The molecular weight excluding hydrogens is 208 g/mol. The van der Waals surface area contributed by atoms with Crippen molar-refractivity contribution in [1.82, 2.24) is 10.2 Å². The van der Waals surface area contributed by atoms with Crippen LogP contribution in [0.25, 0.3) is 0 Å². The van der Waals surface area contributed by atoms with Gasteiger partial charge in [-0.05, 0) is 50.4 Å². The third-order valence-electron chi connectivity index (χ3n) is 5.19. The van der Waals surface area contributed by atoms with Crippen molar-refractivity contribution in [3.8, 4) is 0 Å². The molecule has 2 aliphatic carbocycles. The minimum Gasteiger partial charge on any atom is -0.311 e. The Morgan fingerprint density at radius 2 is 1.71 bits per heavy atom. The van der Waals surface area contributed by atoms with Crippen LogP contribution in [0, 0.1) is 11.8 Å². The van der Waals surface area contributed by atoms with Gasteiger partial charge in [-0.3, -0.25) is 4.90 Å². The zero-order chi connectivity index (χ0) is 11.8. The van der Waals surface area contributed by atoms with Crippen molar-refractivity contribution in [1.29, 1.82) is 0 Å². The number of hydrogen-bond acceptors (Lipinski definition) is 2. The zero-order valence-electron chi connectivity index (χ0n) is 11.5. The molecule has 98 valence electrons. The Bertz CT molecular complexity index is 254. The monoisotopic (exact) mass is 236 g/mol. The second-order valence-corrected chi connectivity index (χ2v) is 6.42. The van der Waals surface area contributed by atoms with E-state index in [0.717, 1.165) is 30.0 Å². The molecule has 17 heavy (non-hydrogen) atoms. The summed E-state index contributed by atoms with van der Waals surface area (Å²) in [5.41, 5.74) is 0. The highest BCUT2D eigenvalue weighted by molar-refractivity contribution is 5.00. The highest BCUT2D eigenvalue weighted by Gasteiger charge is 2.43. The van der Waals surface area contributed by atoms with E-state index in [0.29, 0.717) is 0 Å². The Morgan fingerprint density at radius 1 is 1.06 bits per heavy atom. The van der Waals surface area contributed by atoms with Gasteiger partial charge in [0.15, 0.2) is 0 Å². The maximum absolute atomic E-state index is 3.84. The largest absolute Gasteiger partial charge is 0.311 e. The van der Waals surface area contributed by atoms with Gasteiger partial charge in [-0.25, -0.2) is 0 Å². The molecular formula is C15H28N2. The fourth-order valence-corrected chi connectivity index (χ4v) is 3.73. The lowest BCUT2D eigenvalue weighted by molar-refractivity contribution is 0.0595. The van der Waals surface area contributed by atoms with Gasteiger partial charge in [0.2, 0.25) is 0 Å². The zero-order valence-corrected chi connectivity index (χ0v) is 11.5. The van der Waals surface area contributed by atoms with Gasteiger partial charge in [-0.2, -0.15) is 0 Å². The SMILES string of the molecule is CCC(CC)N1CC(C2CC2)NCC1C1CC1. The molecule has 3 aliphatic rings. The van der Waals surface area contributed by atoms with Crippen molar-refractivity contribution in [3.63, 3.8) is 0 Å². The summed E-state index contributed by atoms with van der Waals surface area (Å²) < 4.78 is 0. The summed E-state index contributed by atoms with van der Waals surface area (Å²) in [5, 5.41) is 3.84. The Balaban J connectivity index is 1.67. The second kappa shape index (κ2) is 4.89. The first kappa shape index (κ1) is 12.0. The van der Waals surface area contributed by atoms with E-state index >= 15 is 0 Å². The minimum atomic E-state index is 0.811. The molecule has 0 aromatic carbocycles. The van der Waals surface area contributed by atoms with Crippen LogP contribution >= 0.6 is 0 Å². The summed E-state index contributed by atoms with van der Waals surface area (Å²) in [7, 11) is 0. The highest BCUT2D eigenvalue weighted by atomic mass is 15.3. The topological polar surface area (TPSA) is 15.3 Å². The number of nitrogens with one attached hydrogen (secondary N) is 1. The van der Waals surface area contributed by atoms with E-state index in [1.165, 1.54) is 51.6 Å². The van der Waals surface area contributed by atoms with Crippen LogP contribution in [0.3, 0.4) is 0 Å². The van der Waals surface area contributed by atoms with E-state index in [9.17, 15) is 0 Å². The first-order valence-corrected chi connectivity index (χ1v) is 7.82. The lowest BCUT2D eigenvalue weighted by Gasteiger charge is -2.45. The molecule has 0 spiro atoms. The smallest absolute Gasteiger partial charge is 0.0252 e. The van der Waals surface area contributed by atoms with Gasteiger partial charge >= 0.3 is 0 Å². The summed E-state index contributed by atoms with van der Waals surface area (Å²) in [6.07, 6.45) is 8.58. The third-order valence-corrected chi connectivity index (χ3v) is 5.19. The van der Waals surface area contributed by atoms with Crippen LogP contribution in [0.15, 0.2) is 0 Å². The van der Waals surface area contributed by atoms with Crippen molar-refractivity contribution < 1.29 is 0 Å². The van der Waals surface area contributed by atoms with Gasteiger partial charge in [0.05, 0.1) is 0 Å². The molecule has 0 amide bonds. The van der Waals surface area contributed by atoms with Crippen LogP contribution in [-0.2, 0) is 0 Å². The molecule has 0 aromatic rings. The predicted octanol–water partition coefficient (Wildman–Crippen LogP) is 2.64. The lowest BCUT2D eigenvalue weighted by atomic mass is 9.97. The number of hydrogen-bond donors (Lipinski definition) is 1. The summed E-state index contributed by atoms with van der Waals surface area (Å²) in [5.74, 6) is 2.02. The normalized spacial score (nSPS) is 35.5. The van der Waals surface area contributed by atoms with Crippen LogP contribution in [-0.4, -0.2) is 36.1 Å². The molecule has 2 unspecified atom stereocenters. The number of rotatable bonds is 5. The molecule has 0 bridgehead atoms. The standard InChI is InChI=1S/C15H28N2/c1-3-13(4-2)17-10-14(11-5-6-11)16-9-15(17)12-7-8-12/h11-16H,3-10H2,1-2H3. The first-order valence-electron chi connectivity index (χ1n) is 7.82. The Morgan fingerprint density at radius 3 is 2.24 bits per heavy atom. The van der Waals surface area contributed by atoms with Gasteiger partial charge < -0.3 is 5.32 Å². The van der Waals surface area contributed by atoms with Crippen LogP contribution < -0.4 is 5.32 Å². The molecule has 1 N–H and O–H groups in total. The van der Waals surface area contributed by atoms with Crippen LogP contribution in [0.2, 0.25) is 0 Å². The van der Waals surface area contributed by atoms with E-state index in [4.69, 9.17) is 0 Å². The maximum Gasteiger partial charge on any atom is 0.0252 e. The minimum absolute atomic E-state index is 0.811. The summed E-state index contributed by atoms with van der Waals surface area (Å²) in [4.78, 5) is 2.89. The van der Waals surface area contributed by atoms with Gasteiger partial charge in [-0.15, -0.1) is 0 Å². The van der Waals surface area contributed by atoms with E-state index < -0.39 is 0 Å². The van der Waals surface area contributed by atoms with E-state index in [2.05, 4.69) is 24.1 Å². The Hall–Kier alpha value is -0.0800. The molecule has 2 atom stereocenters. The van der Waals surface area contributed by atoms with Crippen LogP contribution in [0.1, 0.15) is 52.4 Å². The van der Waals surface area contributed by atoms with Crippen molar-refractivity contribution in [2.75, 3.05) is 13.1 Å². The molecule has 2 heteroatoms. The van der Waals surface area contributed by atoms with Crippen LogP contribution in [0.5, 0.6) is 0 Å². The first-order chi connectivity index (χ1) is 8.33. The van der Waals surface area contributed by atoms with Gasteiger partial charge in [-0.1, -0.05) is 13.8 Å². The second-order valence-electron chi connectivity index (χ2n) is 6.42. The molecule has 2 saturated carbocycles. The van der Waals surface area contributed by atoms with Crippen molar-refractivity contribution >= 4 is 0 Å². The van der Waals surface area contributed by atoms with E-state index in [1.54, 1.807) is 0 Å². The highest BCUT2D eigenvalue weighted by Crippen LogP contribution is 2.40. The quantitative estimate of drug-likeness (QED) is 0.789. The fraction of sp³-hybridized carbons (Fsp3) is 1.00. The van der Waals surface area contributed by atoms with E-state index in [-0.39, 0.29) is 0 Å². The van der Waals surface area contributed by atoms with Gasteiger partial charge in [0.25, 0.3) is 0 Å².